The molecule has 92 valence electrons. The highest BCUT2D eigenvalue weighted by atomic mass is 14.8. The number of rotatable bonds is 2. The second-order valence-electron chi connectivity index (χ2n) is 4.46. The van der Waals surface area contributed by atoms with Gasteiger partial charge in [-0.15, -0.1) is 0 Å². The van der Waals surface area contributed by atoms with E-state index < -0.39 is 0 Å². The van der Waals surface area contributed by atoms with E-state index in [4.69, 9.17) is 0 Å². The largest absolute Gasteiger partial charge is 0.261 e. The normalized spacial score (nSPS) is 10.4. The second-order valence-corrected chi connectivity index (χ2v) is 4.46. The first-order valence-corrected chi connectivity index (χ1v) is 6.28. The molecule has 0 saturated heterocycles. The van der Waals surface area contributed by atoms with E-state index in [1.807, 2.05) is 37.4 Å². The minimum atomic E-state index is 0.916. The van der Waals surface area contributed by atoms with Crippen LogP contribution in [0, 0.1) is 6.92 Å². The third-order valence-electron chi connectivity index (χ3n) is 3.04. The van der Waals surface area contributed by atoms with Crippen molar-refractivity contribution in [2.75, 3.05) is 0 Å². The summed E-state index contributed by atoms with van der Waals surface area (Å²) in [6.45, 7) is 1.96. The van der Waals surface area contributed by atoms with Crippen LogP contribution in [0.5, 0.6) is 0 Å². The Morgan fingerprint density at radius 2 is 1.42 bits per heavy atom. The lowest BCUT2D eigenvalue weighted by Crippen LogP contribution is -1.91. The minimum absolute atomic E-state index is 0.916. The quantitative estimate of drug-likeness (QED) is 0.679. The fraction of sp³-hybridized carbons (Fsp3) is 0.0588. The predicted molar refractivity (Wildman–Crippen MR) is 77.6 cm³/mol. The van der Waals surface area contributed by atoms with Crippen LogP contribution in [0.25, 0.3) is 22.4 Å². The van der Waals surface area contributed by atoms with Crippen molar-refractivity contribution in [1.29, 1.82) is 0 Å². The molecule has 0 aliphatic rings. The molecule has 19 heavy (non-hydrogen) atoms. The lowest BCUT2D eigenvalue weighted by molar-refractivity contribution is 1.12. The van der Waals surface area contributed by atoms with Crippen molar-refractivity contribution in [3.8, 4) is 22.4 Å². The zero-order valence-electron chi connectivity index (χ0n) is 10.7. The molecule has 0 aliphatic carbocycles. The number of hydrogen-bond donors (Lipinski definition) is 0. The van der Waals surface area contributed by atoms with Gasteiger partial charge < -0.3 is 0 Å². The van der Waals surface area contributed by atoms with Crippen molar-refractivity contribution in [2.24, 2.45) is 0 Å². The first kappa shape index (κ1) is 11.6. The maximum atomic E-state index is 4.57. The molecule has 0 radical (unpaired) electrons. The Morgan fingerprint density at radius 1 is 0.737 bits per heavy atom. The van der Waals surface area contributed by atoms with Crippen molar-refractivity contribution in [1.82, 2.24) is 9.97 Å². The van der Waals surface area contributed by atoms with E-state index in [2.05, 4.69) is 40.3 Å². The third kappa shape index (κ3) is 2.38. The van der Waals surface area contributed by atoms with E-state index in [1.54, 1.807) is 6.20 Å². The Bertz CT molecular complexity index is 690. The number of aromatic nitrogens is 2. The molecule has 0 fully saturated rings. The highest BCUT2D eigenvalue weighted by Gasteiger charge is 2.07. The molecule has 3 aromatic rings. The van der Waals surface area contributed by atoms with Gasteiger partial charge in [0.15, 0.2) is 0 Å². The molecule has 0 spiro atoms. The first-order valence-electron chi connectivity index (χ1n) is 6.28. The molecular weight excluding hydrogens is 232 g/mol. The van der Waals surface area contributed by atoms with Crippen molar-refractivity contribution < 1.29 is 0 Å². The minimum Gasteiger partial charge on any atom is -0.261 e. The zero-order valence-corrected chi connectivity index (χ0v) is 10.7. The van der Waals surface area contributed by atoms with Crippen LogP contribution in [0.3, 0.4) is 0 Å². The average Bonchev–Trinajstić information content (AvgIpc) is 2.48. The van der Waals surface area contributed by atoms with Crippen LogP contribution < -0.4 is 0 Å². The number of hydrogen-bond acceptors (Lipinski definition) is 2. The Balaban J connectivity index is 2.18. The molecule has 0 unspecified atom stereocenters. The third-order valence-corrected chi connectivity index (χ3v) is 3.04. The summed E-state index contributed by atoms with van der Waals surface area (Å²) < 4.78 is 0. The van der Waals surface area contributed by atoms with Gasteiger partial charge in [-0.3, -0.25) is 4.98 Å². The maximum Gasteiger partial charge on any atom is 0.0894 e. The van der Waals surface area contributed by atoms with Gasteiger partial charge in [-0.25, -0.2) is 4.98 Å². The molecule has 0 bridgehead atoms. The van der Waals surface area contributed by atoms with Crippen LogP contribution in [0.4, 0.5) is 0 Å². The van der Waals surface area contributed by atoms with Crippen LogP contribution in [0.2, 0.25) is 0 Å². The topological polar surface area (TPSA) is 25.8 Å². The van der Waals surface area contributed by atoms with Gasteiger partial charge in [-0.1, -0.05) is 54.6 Å². The Hall–Kier alpha value is -2.48. The van der Waals surface area contributed by atoms with E-state index in [0.29, 0.717) is 0 Å². The summed E-state index contributed by atoms with van der Waals surface area (Å²) in [4.78, 5) is 8.80. The number of benzene rings is 2. The van der Waals surface area contributed by atoms with Gasteiger partial charge in [0.05, 0.1) is 17.6 Å². The highest BCUT2D eigenvalue weighted by Crippen LogP contribution is 2.30. The van der Waals surface area contributed by atoms with Crippen molar-refractivity contribution in [2.45, 2.75) is 6.92 Å². The van der Waals surface area contributed by atoms with E-state index in [-0.39, 0.29) is 0 Å². The smallest absolute Gasteiger partial charge is 0.0894 e. The van der Waals surface area contributed by atoms with E-state index in [0.717, 1.165) is 17.0 Å². The highest BCUT2D eigenvalue weighted by molar-refractivity contribution is 5.81. The van der Waals surface area contributed by atoms with Crippen molar-refractivity contribution in [3.63, 3.8) is 0 Å². The van der Waals surface area contributed by atoms with E-state index in [1.165, 1.54) is 11.1 Å². The second kappa shape index (κ2) is 5.02. The fourth-order valence-corrected chi connectivity index (χ4v) is 2.17. The van der Waals surface area contributed by atoms with Crippen LogP contribution in [-0.2, 0) is 0 Å². The average molecular weight is 246 g/mol. The standard InChI is InChI=1S/C17H14N2/c1-13-11-18-12-17(19-13)16-10-6-5-9-15(16)14-7-3-2-4-8-14/h2-12H,1H3. The Kier molecular flexibility index (Phi) is 3.07. The summed E-state index contributed by atoms with van der Waals surface area (Å²) >= 11 is 0. The molecule has 0 amide bonds. The molecule has 3 rings (SSSR count). The Morgan fingerprint density at radius 3 is 2.16 bits per heavy atom. The summed E-state index contributed by atoms with van der Waals surface area (Å²) in [5, 5.41) is 0. The van der Waals surface area contributed by atoms with E-state index >= 15 is 0 Å². The molecular formula is C17H14N2. The molecule has 0 saturated carbocycles. The van der Waals surface area contributed by atoms with Gasteiger partial charge in [-0.2, -0.15) is 0 Å². The fourth-order valence-electron chi connectivity index (χ4n) is 2.17. The molecule has 2 nitrogen and oxygen atoms in total. The van der Waals surface area contributed by atoms with Crippen LogP contribution >= 0.6 is 0 Å². The van der Waals surface area contributed by atoms with Crippen LogP contribution in [0.15, 0.2) is 67.0 Å². The Labute approximate surface area is 112 Å². The molecule has 0 atom stereocenters. The predicted octanol–water partition coefficient (Wildman–Crippen LogP) is 4.12. The van der Waals surface area contributed by atoms with Crippen LogP contribution in [0.1, 0.15) is 5.69 Å². The monoisotopic (exact) mass is 246 g/mol. The summed E-state index contributed by atoms with van der Waals surface area (Å²) in [7, 11) is 0. The van der Waals surface area contributed by atoms with Crippen LogP contribution in [-0.4, -0.2) is 9.97 Å². The summed E-state index contributed by atoms with van der Waals surface area (Å²) in [6, 6.07) is 18.6. The lowest BCUT2D eigenvalue weighted by atomic mass is 9.98. The first-order chi connectivity index (χ1) is 9.34. The summed E-state index contributed by atoms with van der Waals surface area (Å²) in [6.07, 6.45) is 3.59. The SMILES string of the molecule is Cc1cncc(-c2ccccc2-c2ccccc2)n1. The van der Waals surface area contributed by atoms with E-state index in [9.17, 15) is 0 Å². The summed E-state index contributed by atoms with van der Waals surface area (Å²) in [5.74, 6) is 0. The lowest BCUT2D eigenvalue weighted by Gasteiger charge is -2.09. The number of nitrogens with zero attached hydrogens (tertiary/aromatic N) is 2. The summed E-state index contributed by atoms with van der Waals surface area (Å²) in [5.41, 5.74) is 5.34. The van der Waals surface area contributed by atoms with Gasteiger partial charge in [0.2, 0.25) is 0 Å². The van der Waals surface area contributed by atoms with Gasteiger partial charge in [-0.05, 0) is 18.1 Å². The molecule has 1 aromatic heterocycles. The molecule has 1 heterocycles. The van der Waals surface area contributed by atoms with Gasteiger partial charge in [0.1, 0.15) is 0 Å². The molecule has 0 N–H and O–H groups in total. The molecule has 2 heteroatoms. The number of aryl methyl sites for hydroxylation is 1. The molecule has 0 aliphatic heterocycles. The van der Waals surface area contributed by atoms with Gasteiger partial charge in [0, 0.05) is 11.8 Å². The molecule has 2 aromatic carbocycles. The van der Waals surface area contributed by atoms with Gasteiger partial charge >= 0.3 is 0 Å². The van der Waals surface area contributed by atoms with Crippen molar-refractivity contribution >= 4 is 0 Å². The van der Waals surface area contributed by atoms with Crippen molar-refractivity contribution in [3.05, 3.63) is 72.7 Å². The zero-order chi connectivity index (χ0) is 13.1. The maximum absolute atomic E-state index is 4.57. The van der Waals surface area contributed by atoms with Gasteiger partial charge in [0.25, 0.3) is 0 Å².